The standard InChI is InChI=1S/C20H25N3O4S/c1-15-12-18(24)13-16(2)23(15)14-20(25)21-17-6-8-19(9-7-17)28(26,27)22-10-4-3-5-11-22/h6-9,12-13H,3-5,10-11,14H2,1-2H3,(H,21,25). The molecule has 1 amide bonds. The molecule has 0 spiro atoms. The molecule has 1 aliphatic heterocycles. The molecule has 0 saturated carbocycles. The SMILES string of the molecule is Cc1cc(=O)cc(C)n1CC(=O)Nc1ccc(S(=O)(=O)N2CCCCC2)cc1. The summed E-state index contributed by atoms with van der Waals surface area (Å²) in [6.45, 7) is 4.74. The molecule has 1 aromatic heterocycles. The van der Waals surface area contributed by atoms with Gasteiger partial charge in [0.2, 0.25) is 15.9 Å². The molecule has 1 fully saturated rings. The Morgan fingerprint density at radius 2 is 1.57 bits per heavy atom. The average Bonchev–Trinajstić information content (AvgIpc) is 2.66. The van der Waals surface area contributed by atoms with E-state index in [4.69, 9.17) is 0 Å². The molecule has 28 heavy (non-hydrogen) atoms. The van der Waals surface area contributed by atoms with Crippen molar-refractivity contribution >= 4 is 21.6 Å². The summed E-state index contributed by atoms with van der Waals surface area (Å²) in [5.41, 5.74) is 1.86. The predicted molar refractivity (Wildman–Crippen MR) is 108 cm³/mol. The summed E-state index contributed by atoms with van der Waals surface area (Å²) in [5, 5.41) is 2.77. The lowest BCUT2D eigenvalue weighted by molar-refractivity contribution is -0.116. The lowest BCUT2D eigenvalue weighted by atomic mass is 10.2. The first-order valence-corrected chi connectivity index (χ1v) is 10.8. The number of anilines is 1. The minimum Gasteiger partial charge on any atom is -0.340 e. The predicted octanol–water partition coefficient (Wildman–Crippen LogP) is 2.28. The van der Waals surface area contributed by atoms with Crippen LogP contribution in [0.1, 0.15) is 30.7 Å². The van der Waals surface area contributed by atoms with Crippen molar-refractivity contribution in [2.75, 3.05) is 18.4 Å². The Morgan fingerprint density at radius 3 is 2.14 bits per heavy atom. The van der Waals surface area contributed by atoms with Gasteiger partial charge in [-0.1, -0.05) is 6.42 Å². The summed E-state index contributed by atoms with van der Waals surface area (Å²) in [5.74, 6) is -0.249. The maximum absolute atomic E-state index is 12.7. The number of amides is 1. The zero-order valence-electron chi connectivity index (χ0n) is 16.1. The van der Waals surface area contributed by atoms with E-state index in [-0.39, 0.29) is 22.8 Å². The molecular formula is C20H25N3O4S. The molecule has 2 aromatic rings. The van der Waals surface area contributed by atoms with Crippen LogP contribution in [0, 0.1) is 13.8 Å². The largest absolute Gasteiger partial charge is 0.340 e. The van der Waals surface area contributed by atoms with Gasteiger partial charge in [-0.3, -0.25) is 9.59 Å². The van der Waals surface area contributed by atoms with Crippen LogP contribution in [0.3, 0.4) is 0 Å². The van der Waals surface area contributed by atoms with Crippen LogP contribution in [-0.2, 0) is 21.4 Å². The average molecular weight is 404 g/mol. The van der Waals surface area contributed by atoms with Crippen molar-refractivity contribution in [3.05, 3.63) is 58.0 Å². The van der Waals surface area contributed by atoms with Crippen molar-refractivity contribution in [2.45, 2.75) is 44.6 Å². The van der Waals surface area contributed by atoms with Crippen molar-refractivity contribution in [2.24, 2.45) is 0 Å². The summed E-state index contributed by atoms with van der Waals surface area (Å²) in [7, 11) is -3.48. The molecule has 0 unspecified atom stereocenters. The summed E-state index contributed by atoms with van der Waals surface area (Å²) in [6.07, 6.45) is 2.83. The van der Waals surface area contributed by atoms with E-state index in [9.17, 15) is 18.0 Å². The summed E-state index contributed by atoms with van der Waals surface area (Å²) < 4.78 is 28.6. The van der Waals surface area contributed by atoms with Crippen molar-refractivity contribution < 1.29 is 13.2 Å². The van der Waals surface area contributed by atoms with Crippen molar-refractivity contribution in [3.63, 3.8) is 0 Å². The third kappa shape index (κ3) is 4.51. The van der Waals surface area contributed by atoms with Crippen molar-refractivity contribution in [3.8, 4) is 0 Å². The minimum absolute atomic E-state index is 0.0752. The van der Waals surface area contributed by atoms with Gasteiger partial charge in [-0.05, 0) is 51.0 Å². The Labute approximate surface area is 165 Å². The number of sulfonamides is 1. The summed E-state index contributed by atoms with van der Waals surface area (Å²) in [4.78, 5) is 24.1. The van der Waals surface area contributed by atoms with Gasteiger partial charge in [-0.15, -0.1) is 0 Å². The molecular weight excluding hydrogens is 378 g/mol. The first kappa shape index (κ1) is 20.3. The number of aryl methyl sites for hydroxylation is 2. The Morgan fingerprint density at radius 1 is 1.00 bits per heavy atom. The van der Waals surface area contributed by atoms with Crippen LogP contribution in [0.5, 0.6) is 0 Å². The first-order chi connectivity index (χ1) is 13.3. The lowest BCUT2D eigenvalue weighted by Crippen LogP contribution is -2.35. The van der Waals surface area contributed by atoms with Crippen LogP contribution >= 0.6 is 0 Å². The maximum atomic E-state index is 12.7. The van der Waals surface area contributed by atoms with Crippen LogP contribution in [-0.4, -0.2) is 36.3 Å². The van der Waals surface area contributed by atoms with Crippen molar-refractivity contribution in [1.82, 2.24) is 8.87 Å². The van der Waals surface area contributed by atoms with E-state index in [0.29, 0.717) is 30.2 Å². The minimum atomic E-state index is -3.48. The highest BCUT2D eigenvalue weighted by Crippen LogP contribution is 2.22. The number of hydrogen-bond donors (Lipinski definition) is 1. The molecule has 1 N–H and O–H groups in total. The smallest absolute Gasteiger partial charge is 0.244 e. The quantitative estimate of drug-likeness (QED) is 0.830. The third-order valence-corrected chi connectivity index (χ3v) is 6.86. The molecule has 1 saturated heterocycles. The van der Waals surface area contributed by atoms with Crippen LogP contribution in [0.4, 0.5) is 5.69 Å². The van der Waals surface area contributed by atoms with Crippen LogP contribution in [0.15, 0.2) is 46.1 Å². The molecule has 2 heterocycles. The summed E-state index contributed by atoms with van der Waals surface area (Å²) in [6, 6.07) is 9.21. The second kappa shape index (κ2) is 8.28. The second-order valence-corrected chi connectivity index (χ2v) is 9.04. The van der Waals surface area contributed by atoms with Crippen LogP contribution < -0.4 is 10.7 Å². The molecule has 1 aliphatic rings. The van der Waals surface area contributed by atoms with E-state index in [1.165, 1.54) is 28.6 Å². The maximum Gasteiger partial charge on any atom is 0.244 e. The second-order valence-electron chi connectivity index (χ2n) is 7.10. The number of benzene rings is 1. The lowest BCUT2D eigenvalue weighted by Gasteiger charge is -2.25. The number of carbonyl (C=O) groups excluding carboxylic acids is 1. The first-order valence-electron chi connectivity index (χ1n) is 9.35. The van der Waals surface area contributed by atoms with Gasteiger partial charge in [0, 0.05) is 42.3 Å². The fourth-order valence-electron chi connectivity index (χ4n) is 3.45. The monoisotopic (exact) mass is 403 g/mol. The van der Waals surface area contributed by atoms with E-state index >= 15 is 0 Å². The van der Waals surface area contributed by atoms with Gasteiger partial charge in [0.15, 0.2) is 5.43 Å². The summed E-state index contributed by atoms with van der Waals surface area (Å²) >= 11 is 0. The van der Waals surface area contributed by atoms with E-state index in [0.717, 1.165) is 19.3 Å². The number of aromatic nitrogens is 1. The molecule has 0 radical (unpaired) electrons. The van der Waals surface area contributed by atoms with Gasteiger partial charge in [0.05, 0.1) is 4.90 Å². The molecule has 8 heteroatoms. The Hall–Kier alpha value is -2.45. The highest BCUT2D eigenvalue weighted by molar-refractivity contribution is 7.89. The van der Waals surface area contributed by atoms with E-state index in [1.54, 1.807) is 30.5 Å². The molecule has 0 atom stereocenters. The number of nitrogens with zero attached hydrogens (tertiary/aromatic N) is 2. The molecule has 150 valence electrons. The number of pyridine rings is 1. The highest BCUT2D eigenvalue weighted by Gasteiger charge is 2.25. The number of carbonyl (C=O) groups is 1. The van der Waals surface area contributed by atoms with E-state index in [1.807, 2.05) is 0 Å². The molecule has 7 nitrogen and oxygen atoms in total. The molecule has 0 bridgehead atoms. The van der Waals surface area contributed by atoms with E-state index in [2.05, 4.69) is 5.32 Å². The van der Waals surface area contributed by atoms with Crippen LogP contribution in [0.2, 0.25) is 0 Å². The number of piperidine rings is 1. The Balaban J connectivity index is 1.69. The van der Waals surface area contributed by atoms with Crippen LogP contribution in [0.25, 0.3) is 0 Å². The fourth-order valence-corrected chi connectivity index (χ4v) is 4.96. The van der Waals surface area contributed by atoms with Gasteiger partial charge in [0.1, 0.15) is 6.54 Å². The number of nitrogens with one attached hydrogen (secondary N) is 1. The van der Waals surface area contributed by atoms with Gasteiger partial charge in [-0.25, -0.2) is 8.42 Å². The number of rotatable bonds is 5. The third-order valence-electron chi connectivity index (χ3n) is 4.95. The normalized spacial score (nSPS) is 15.4. The van der Waals surface area contributed by atoms with E-state index < -0.39 is 10.0 Å². The zero-order valence-corrected chi connectivity index (χ0v) is 17.0. The van der Waals surface area contributed by atoms with Gasteiger partial charge < -0.3 is 9.88 Å². The zero-order chi connectivity index (χ0) is 20.3. The number of hydrogen-bond acceptors (Lipinski definition) is 4. The topological polar surface area (TPSA) is 88.5 Å². The molecule has 3 rings (SSSR count). The molecule has 1 aromatic carbocycles. The van der Waals surface area contributed by atoms with Gasteiger partial charge in [-0.2, -0.15) is 4.31 Å². The Kier molecular flexibility index (Phi) is 6.00. The highest BCUT2D eigenvalue weighted by atomic mass is 32.2. The van der Waals surface area contributed by atoms with Gasteiger partial charge in [0.25, 0.3) is 0 Å². The van der Waals surface area contributed by atoms with Crippen molar-refractivity contribution in [1.29, 1.82) is 0 Å². The Bertz CT molecular complexity index is 994. The van der Waals surface area contributed by atoms with Gasteiger partial charge >= 0.3 is 0 Å². The fraction of sp³-hybridized carbons (Fsp3) is 0.400. The molecule has 0 aliphatic carbocycles.